The van der Waals surface area contributed by atoms with Gasteiger partial charge in [0.25, 0.3) is 0 Å². The molecule has 82 valence electrons. The van der Waals surface area contributed by atoms with Crippen molar-refractivity contribution in [1.82, 2.24) is 0 Å². The highest BCUT2D eigenvalue weighted by atomic mass is 32.3. The second-order valence-electron chi connectivity index (χ2n) is 2.64. The second-order valence-corrected chi connectivity index (χ2v) is 5.41. The molecule has 8 nitrogen and oxygen atoms in total. The Bertz CT molecular complexity index is 472. The van der Waals surface area contributed by atoms with Crippen molar-refractivity contribution in [3.63, 3.8) is 0 Å². The van der Waals surface area contributed by atoms with E-state index in [0.29, 0.717) is 5.41 Å². The second kappa shape index (κ2) is 3.14. The Hall–Kier alpha value is -1.73. The van der Waals surface area contributed by atoms with E-state index in [2.05, 4.69) is 9.98 Å². The monoisotopic (exact) mass is 234 g/mol. The Kier molecular flexibility index (Phi) is 2.38. The van der Waals surface area contributed by atoms with Gasteiger partial charge in [0.1, 0.15) is 5.70 Å². The number of hydrogen-bond donors (Lipinski definition) is 5. The summed E-state index contributed by atoms with van der Waals surface area (Å²) in [7, 11) is -5.58. The van der Waals surface area contributed by atoms with Crippen molar-refractivity contribution in [2.75, 3.05) is 0 Å². The summed E-state index contributed by atoms with van der Waals surface area (Å²) in [6, 6.07) is 0. The normalized spacial score (nSPS) is 24.2. The maximum absolute atomic E-state index is 9.94. The van der Waals surface area contributed by atoms with Crippen molar-refractivity contribution in [2.24, 2.45) is 9.98 Å². The largest absolute Gasteiger partial charge is 0.498 e. The Morgan fingerprint density at radius 2 is 1.67 bits per heavy atom. The molecule has 0 radical (unpaired) electrons. The summed E-state index contributed by atoms with van der Waals surface area (Å²) in [6.45, 7) is 0. The smallest absolute Gasteiger partial charge is 0.240 e. The van der Waals surface area contributed by atoms with Gasteiger partial charge in [0.2, 0.25) is 17.3 Å². The highest BCUT2D eigenvalue weighted by Crippen LogP contribution is 2.70. The standard InChI is InChI=1S/C6H6N2O6S/c9-2-7-4-1-15(12,13,14)6(11)5(4)8-3-10/h1,11-15H. The summed E-state index contributed by atoms with van der Waals surface area (Å²) in [5.74, 6) is 0. The molecule has 0 aromatic heterocycles. The molecule has 1 aliphatic heterocycles. The maximum atomic E-state index is 9.94. The van der Waals surface area contributed by atoms with Crippen molar-refractivity contribution < 1.29 is 28.4 Å². The minimum absolute atomic E-state index is 0.349. The summed E-state index contributed by atoms with van der Waals surface area (Å²) in [6.07, 6.45) is 2.03. The molecule has 0 aromatic rings. The topological polar surface area (TPSA) is 140 Å². The zero-order valence-corrected chi connectivity index (χ0v) is 7.92. The SMILES string of the molecule is O=C=NC1=C[SH](O)(O)(O)C(O)=C1N=C=O. The van der Waals surface area contributed by atoms with E-state index in [1.54, 1.807) is 0 Å². The molecular weight excluding hydrogens is 228 g/mol. The first-order valence-corrected chi connectivity index (χ1v) is 5.56. The molecule has 0 fully saturated rings. The summed E-state index contributed by atoms with van der Waals surface area (Å²) < 4.78 is 27.6. The zero-order valence-electron chi connectivity index (χ0n) is 7.02. The van der Waals surface area contributed by atoms with Crippen LogP contribution < -0.4 is 0 Å². The predicted molar refractivity (Wildman–Crippen MR) is 50.9 cm³/mol. The van der Waals surface area contributed by atoms with Crippen molar-refractivity contribution in [3.05, 3.63) is 21.9 Å². The molecule has 9 heteroatoms. The molecule has 4 N–H and O–H groups in total. The van der Waals surface area contributed by atoms with Crippen LogP contribution in [0.5, 0.6) is 0 Å². The highest BCUT2D eigenvalue weighted by Gasteiger charge is 2.43. The number of hydrogen-bond acceptors (Lipinski definition) is 8. The molecule has 0 bridgehead atoms. The van der Waals surface area contributed by atoms with Crippen LogP contribution in [0, 0.1) is 0 Å². The first-order chi connectivity index (χ1) is 6.80. The van der Waals surface area contributed by atoms with Gasteiger partial charge in [-0.25, -0.2) is 9.59 Å². The third kappa shape index (κ3) is 1.88. The van der Waals surface area contributed by atoms with E-state index in [1.807, 2.05) is 0 Å². The molecule has 1 aliphatic rings. The molecule has 15 heavy (non-hydrogen) atoms. The average molecular weight is 234 g/mol. The number of isocyanates is 2. The molecule has 0 spiro atoms. The molecule has 1 rings (SSSR count). The molecule has 0 saturated carbocycles. The lowest BCUT2D eigenvalue weighted by Gasteiger charge is -2.40. The van der Waals surface area contributed by atoms with Crippen LogP contribution in [0.15, 0.2) is 31.9 Å². The van der Waals surface area contributed by atoms with Crippen LogP contribution >= 0.6 is 10.0 Å². The van der Waals surface area contributed by atoms with Gasteiger partial charge < -0.3 is 18.8 Å². The van der Waals surface area contributed by atoms with Gasteiger partial charge in [0, 0.05) is 15.4 Å². The number of rotatable bonds is 2. The number of aliphatic hydroxyl groups is 1. The first-order valence-electron chi connectivity index (χ1n) is 3.40. The summed E-state index contributed by atoms with van der Waals surface area (Å²) in [4.78, 5) is 25.7. The molecule has 0 atom stereocenters. The Labute approximate surface area is 83.1 Å². The van der Waals surface area contributed by atoms with Crippen molar-refractivity contribution >= 4 is 22.2 Å². The minimum Gasteiger partial charge on any atom is -0.498 e. The number of thiol groups is 1. The summed E-state index contributed by atoms with van der Waals surface area (Å²) >= 11 is 0. The lowest BCUT2D eigenvalue weighted by atomic mass is 10.4. The number of nitrogens with zero attached hydrogens (tertiary/aromatic N) is 2. The van der Waals surface area contributed by atoms with Crippen LogP contribution in [0.25, 0.3) is 0 Å². The lowest BCUT2D eigenvalue weighted by Crippen LogP contribution is -2.12. The van der Waals surface area contributed by atoms with Crippen LogP contribution in [0.1, 0.15) is 0 Å². The van der Waals surface area contributed by atoms with Crippen LogP contribution in [0.2, 0.25) is 0 Å². The van der Waals surface area contributed by atoms with E-state index in [1.165, 1.54) is 0 Å². The van der Waals surface area contributed by atoms with Gasteiger partial charge in [-0.3, -0.25) is 0 Å². The van der Waals surface area contributed by atoms with Gasteiger partial charge in [-0.1, -0.05) is 0 Å². The molecule has 1 heterocycles. The molecule has 0 amide bonds. The molecular formula is C6H6N2O6S. The van der Waals surface area contributed by atoms with Crippen LogP contribution in [-0.2, 0) is 9.59 Å². The number of aliphatic hydroxyl groups excluding tert-OH is 1. The summed E-state index contributed by atoms with van der Waals surface area (Å²) in [5.41, 5.74) is -1.28. The maximum Gasteiger partial charge on any atom is 0.240 e. The fourth-order valence-electron chi connectivity index (χ4n) is 0.949. The van der Waals surface area contributed by atoms with Crippen LogP contribution in [0.4, 0.5) is 0 Å². The van der Waals surface area contributed by atoms with Crippen molar-refractivity contribution in [1.29, 1.82) is 0 Å². The van der Waals surface area contributed by atoms with Crippen LogP contribution in [-0.4, -0.2) is 30.9 Å². The van der Waals surface area contributed by atoms with Gasteiger partial charge in [0.05, 0.1) is 0 Å². The lowest BCUT2D eigenvalue weighted by molar-refractivity contribution is 0.322. The van der Waals surface area contributed by atoms with E-state index in [4.69, 9.17) is 0 Å². The zero-order chi connectivity index (χ0) is 11.7. The van der Waals surface area contributed by atoms with Crippen molar-refractivity contribution in [2.45, 2.75) is 0 Å². The summed E-state index contributed by atoms with van der Waals surface area (Å²) in [5, 5.41) is 8.21. The molecule has 0 unspecified atom stereocenters. The minimum atomic E-state index is -5.58. The molecule has 0 aliphatic carbocycles. The quantitative estimate of drug-likeness (QED) is 0.271. The van der Waals surface area contributed by atoms with Gasteiger partial charge in [0.15, 0.2) is 5.70 Å². The van der Waals surface area contributed by atoms with E-state index in [0.717, 1.165) is 12.2 Å². The average Bonchev–Trinajstić information content (AvgIpc) is 2.26. The fourth-order valence-corrected chi connectivity index (χ4v) is 2.27. The number of aliphatic imine (C=N–C) groups is 2. The van der Waals surface area contributed by atoms with E-state index >= 15 is 0 Å². The Morgan fingerprint density at radius 1 is 1.13 bits per heavy atom. The number of carbonyl (C=O) groups excluding carboxylic acids is 2. The van der Waals surface area contributed by atoms with Gasteiger partial charge in [-0.2, -0.15) is 9.98 Å². The predicted octanol–water partition coefficient (Wildman–Crippen LogP) is 0.732. The fraction of sp³-hybridized carbons (Fsp3) is 0. The van der Waals surface area contributed by atoms with Gasteiger partial charge in [-0.15, -0.1) is 0 Å². The Balaban J connectivity index is 3.51. The highest BCUT2D eigenvalue weighted by molar-refractivity contribution is 8.41. The van der Waals surface area contributed by atoms with Crippen LogP contribution in [0.3, 0.4) is 0 Å². The molecule has 0 aromatic carbocycles. The molecule has 0 saturated heterocycles. The Morgan fingerprint density at radius 3 is 2.13 bits per heavy atom. The van der Waals surface area contributed by atoms with Gasteiger partial charge in [-0.05, 0) is 0 Å². The van der Waals surface area contributed by atoms with Gasteiger partial charge >= 0.3 is 0 Å². The van der Waals surface area contributed by atoms with E-state index in [9.17, 15) is 28.4 Å². The van der Waals surface area contributed by atoms with E-state index < -0.39 is 26.5 Å². The third-order valence-corrected chi connectivity index (χ3v) is 3.29. The third-order valence-electron chi connectivity index (χ3n) is 1.54. The first kappa shape index (κ1) is 11.3. The van der Waals surface area contributed by atoms with E-state index in [-0.39, 0.29) is 0 Å². The van der Waals surface area contributed by atoms with Crippen molar-refractivity contribution in [3.8, 4) is 0 Å².